The Balaban J connectivity index is 2.05. The molecule has 0 unspecified atom stereocenters. The number of hydrogen-bond acceptors (Lipinski definition) is 8. The highest BCUT2D eigenvalue weighted by Gasteiger charge is 2.22. The van der Waals surface area contributed by atoms with Gasteiger partial charge in [0.1, 0.15) is 17.6 Å². The van der Waals surface area contributed by atoms with Gasteiger partial charge in [0.15, 0.2) is 30.3 Å². The highest BCUT2D eigenvalue weighted by molar-refractivity contribution is 5.85. The molecule has 0 saturated heterocycles. The Labute approximate surface area is 191 Å². The molecule has 3 rings (SSSR count). The number of carboxylic acid groups (broad SMARTS) is 3. The molecule has 1 heterocycles. The molecular weight excluding hydrogens is 452 g/mol. The van der Waals surface area contributed by atoms with Crippen molar-refractivity contribution in [3.63, 3.8) is 0 Å². The first-order valence-electron chi connectivity index (χ1n) is 9.90. The molecule has 0 amide bonds. The van der Waals surface area contributed by atoms with Gasteiger partial charge in [-0.3, -0.25) is 4.79 Å². The van der Waals surface area contributed by atoms with Crippen LogP contribution in [0.3, 0.4) is 0 Å². The zero-order valence-electron chi connectivity index (χ0n) is 18.0. The molecule has 2 aromatic carbocycles. The maximum absolute atomic E-state index is 13.2. The second kappa shape index (κ2) is 9.94. The Morgan fingerprint density at radius 1 is 0.912 bits per heavy atom. The van der Waals surface area contributed by atoms with E-state index in [4.69, 9.17) is 28.8 Å². The van der Waals surface area contributed by atoms with Gasteiger partial charge in [-0.05, 0) is 37.6 Å². The summed E-state index contributed by atoms with van der Waals surface area (Å²) in [5, 5.41) is 27.0. The number of benzene rings is 2. The highest BCUT2D eigenvalue weighted by Crippen LogP contribution is 2.34. The smallest absolute Gasteiger partial charge is 0.344 e. The maximum atomic E-state index is 13.2. The summed E-state index contributed by atoms with van der Waals surface area (Å²) in [7, 11) is 0. The van der Waals surface area contributed by atoms with E-state index in [1.54, 1.807) is 12.1 Å². The Hall–Kier alpha value is -4.54. The molecule has 2 atom stereocenters. The number of ether oxygens (including phenoxy) is 3. The summed E-state index contributed by atoms with van der Waals surface area (Å²) >= 11 is 0. The van der Waals surface area contributed by atoms with Gasteiger partial charge in [-0.2, -0.15) is 0 Å². The largest absolute Gasteiger partial charge is 0.482 e. The van der Waals surface area contributed by atoms with Crippen LogP contribution in [0.25, 0.3) is 22.1 Å². The van der Waals surface area contributed by atoms with Crippen molar-refractivity contribution in [1.29, 1.82) is 0 Å². The van der Waals surface area contributed by atoms with E-state index in [0.717, 1.165) is 0 Å². The van der Waals surface area contributed by atoms with Crippen LogP contribution in [0.15, 0.2) is 51.9 Å². The Kier molecular flexibility index (Phi) is 7.05. The fourth-order valence-electron chi connectivity index (χ4n) is 2.88. The van der Waals surface area contributed by atoms with Gasteiger partial charge in [0.2, 0.25) is 5.43 Å². The molecule has 11 nitrogen and oxygen atoms in total. The van der Waals surface area contributed by atoms with E-state index in [1.807, 2.05) is 0 Å². The number of carbonyl (C=O) groups is 3. The number of rotatable bonds is 10. The molecule has 0 aliphatic heterocycles. The number of carboxylic acids is 3. The second-order valence-corrected chi connectivity index (χ2v) is 7.18. The van der Waals surface area contributed by atoms with Crippen LogP contribution in [-0.4, -0.2) is 52.0 Å². The van der Waals surface area contributed by atoms with Crippen LogP contribution >= 0.6 is 0 Å². The van der Waals surface area contributed by atoms with Crippen molar-refractivity contribution in [3.8, 4) is 28.4 Å². The monoisotopic (exact) mass is 472 g/mol. The summed E-state index contributed by atoms with van der Waals surface area (Å²) in [6.07, 6.45) is -1.39. The lowest BCUT2D eigenvalue weighted by Gasteiger charge is -2.17. The van der Waals surface area contributed by atoms with Crippen LogP contribution in [0.4, 0.5) is 0 Å². The standard InChI is InChI=1S/C23H20O11/c1-11(22(27)28)33-18-7-15-17(8-19(18)34-12(2)23(29)30)32-9-16(21(15)26)13-3-5-14(6-4-13)31-10-20(24)25/h3-9,11-12H,10H2,1-2H3,(H,24,25)(H,27,28)(H,29,30)/t11-,12+/m0/s1. The average Bonchev–Trinajstić information content (AvgIpc) is 2.79. The maximum Gasteiger partial charge on any atom is 0.344 e. The van der Waals surface area contributed by atoms with Crippen LogP contribution in [-0.2, 0) is 14.4 Å². The molecule has 34 heavy (non-hydrogen) atoms. The molecule has 0 fully saturated rings. The predicted molar refractivity (Wildman–Crippen MR) is 117 cm³/mol. The first-order chi connectivity index (χ1) is 16.1. The zero-order chi connectivity index (χ0) is 25.0. The van der Waals surface area contributed by atoms with E-state index in [0.29, 0.717) is 11.3 Å². The topological polar surface area (TPSA) is 170 Å². The van der Waals surface area contributed by atoms with Crippen molar-refractivity contribution in [2.45, 2.75) is 26.1 Å². The third kappa shape index (κ3) is 5.44. The molecule has 0 aliphatic carbocycles. The molecule has 0 radical (unpaired) electrons. The molecule has 3 N–H and O–H groups in total. The van der Waals surface area contributed by atoms with E-state index in [2.05, 4.69) is 0 Å². The van der Waals surface area contributed by atoms with Crippen molar-refractivity contribution in [2.75, 3.05) is 6.61 Å². The van der Waals surface area contributed by atoms with E-state index in [9.17, 15) is 24.3 Å². The third-order valence-electron chi connectivity index (χ3n) is 4.67. The fraction of sp³-hybridized carbons (Fsp3) is 0.217. The van der Waals surface area contributed by atoms with Gasteiger partial charge in [0, 0.05) is 6.07 Å². The van der Waals surface area contributed by atoms with Gasteiger partial charge >= 0.3 is 17.9 Å². The van der Waals surface area contributed by atoms with Crippen LogP contribution in [0, 0.1) is 0 Å². The van der Waals surface area contributed by atoms with Crippen LogP contribution in [0.2, 0.25) is 0 Å². The molecular formula is C23H20O11. The first-order valence-corrected chi connectivity index (χ1v) is 9.90. The predicted octanol–water partition coefficient (Wildman–Crippen LogP) is 2.63. The summed E-state index contributed by atoms with van der Waals surface area (Å²) in [5.41, 5.74) is 0.228. The third-order valence-corrected chi connectivity index (χ3v) is 4.67. The number of aliphatic carboxylic acids is 3. The minimum atomic E-state index is -1.31. The van der Waals surface area contributed by atoms with Crippen LogP contribution in [0.1, 0.15) is 13.8 Å². The summed E-state index contributed by atoms with van der Waals surface area (Å²) in [6.45, 7) is 2.03. The lowest BCUT2D eigenvalue weighted by molar-refractivity contribution is -0.145. The summed E-state index contributed by atoms with van der Waals surface area (Å²) in [6, 6.07) is 8.58. The summed E-state index contributed by atoms with van der Waals surface area (Å²) in [4.78, 5) is 46.2. The fourth-order valence-corrected chi connectivity index (χ4v) is 2.88. The first kappa shape index (κ1) is 24.1. The minimum absolute atomic E-state index is 0.0478. The van der Waals surface area contributed by atoms with E-state index >= 15 is 0 Å². The molecule has 1 aromatic heterocycles. The Bertz CT molecular complexity index is 1290. The minimum Gasteiger partial charge on any atom is -0.482 e. The highest BCUT2D eigenvalue weighted by atomic mass is 16.6. The van der Waals surface area contributed by atoms with E-state index < -0.39 is 42.2 Å². The lowest BCUT2D eigenvalue weighted by atomic mass is 10.1. The molecule has 0 spiro atoms. The van der Waals surface area contributed by atoms with E-state index in [1.165, 1.54) is 44.4 Å². The Morgan fingerprint density at radius 2 is 1.47 bits per heavy atom. The molecule has 0 bridgehead atoms. The van der Waals surface area contributed by atoms with Gasteiger partial charge < -0.3 is 33.9 Å². The quantitative estimate of drug-likeness (QED) is 0.396. The van der Waals surface area contributed by atoms with Crippen molar-refractivity contribution in [1.82, 2.24) is 0 Å². The summed E-state index contributed by atoms with van der Waals surface area (Å²) < 4.78 is 21.4. The Morgan fingerprint density at radius 3 is 2.00 bits per heavy atom. The van der Waals surface area contributed by atoms with Gasteiger partial charge in [-0.1, -0.05) is 12.1 Å². The van der Waals surface area contributed by atoms with Gasteiger partial charge in [-0.15, -0.1) is 0 Å². The lowest BCUT2D eigenvalue weighted by Crippen LogP contribution is -2.25. The van der Waals surface area contributed by atoms with Crippen LogP contribution < -0.4 is 19.6 Å². The molecule has 178 valence electrons. The molecule has 0 saturated carbocycles. The summed E-state index contributed by atoms with van der Waals surface area (Å²) in [5.74, 6) is -3.61. The molecule has 11 heteroatoms. The normalized spacial score (nSPS) is 12.5. The van der Waals surface area contributed by atoms with Gasteiger partial charge in [-0.25, -0.2) is 14.4 Å². The molecule has 3 aromatic rings. The van der Waals surface area contributed by atoms with Crippen LogP contribution in [0.5, 0.6) is 17.2 Å². The average molecular weight is 472 g/mol. The SMILES string of the molecule is C[C@H](Oc1cc2c(=O)c(-c3ccc(OCC(=O)O)cc3)coc2cc1O[C@H](C)C(=O)O)C(=O)O. The van der Waals surface area contributed by atoms with Crippen molar-refractivity contribution >= 4 is 28.9 Å². The molecule has 0 aliphatic rings. The van der Waals surface area contributed by atoms with E-state index in [-0.39, 0.29) is 28.0 Å². The number of fused-ring (bicyclic) bond motifs is 1. The second-order valence-electron chi connectivity index (χ2n) is 7.18. The number of hydrogen-bond donors (Lipinski definition) is 3. The van der Waals surface area contributed by atoms with Gasteiger partial charge in [0.05, 0.1) is 10.9 Å². The van der Waals surface area contributed by atoms with Crippen molar-refractivity contribution in [2.24, 2.45) is 0 Å². The van der Waals surface area contributed by atoms with Gasteiger partial charge in [0.25, 0.3) is 0 Å². The zero-order valence-corrected chi connectivity index (χ0v) is 18.0. The van der Waals surface area contributed by atoms with Crippen molar-refractivity contribution in [3.05, 3.63) is 52.9 Å². The van der Waals surface area contributed by atoms with Crippen molar-refractivity contribution < 1.29 is 48.3 Å².